The van der Waals surface area contributed by atoms with E-state index in [4.69, 9.17) is 33.2 Å². The average Bonchev–Trinajstić information content (AvgIpc) is 3.03. The highest BCUT2D eigenvalue weighted by Crippen LogP contribution is 2.44. The topological polar surface area (TPSA) is 84.8 Å². The van der Waals surface area contributed by atoms with Crippen molar-refractivity contribution in [1.82, 2.24) is 0 Å². The van der Waals surface area contributed by atoms with Crippen molar-refractivity contribution in [3.05, 3.63) is 77.4 Å². The maximum Gasteiger partial charge on any atom is 0.161 e. The number of aliphatic hydroxyl groups excluding tert-OH is 1. The summed E-state index contributed by atoms with van der Waals surface area (Å²) in [5.74, 6) is 3.87. The van der Waals surface area contributed by atoms with Crippen molar-refractivity contribution in [2.24, 2.45) is 11.8 Å². The monoisotopic (exact) mass is 564 g/mol. The van der Waals surface area contributed by atoms with Gasteiger partial charge in [0.05, 0.1) is 61.5 Å². The van der Waals surface area contributed by atoms with E-state index in [9.17, 15) is 5.11 Å². The molecule has 0 radical (unpaired) electrons. The smallest absolute Gasteiger partial charge is 0.161 e. The molecule has 1 heterocycles. The van der Waals surface area contributed by atoms with Crippen molar-refractivity contribution in [3.8, 4) is 34.5 Å². The van der Waals surface area contributed by atoms with E-state index in [0.717, 1.165) is 29.5 Å². The van der Waals surface area contributed by atoms with Crippen LogP contribution >= 0.6 is 0 Å². The van der Waals surface area contributed by atoms with E-state index in [2.05, 4.69) is 12.2 Å². The number of ether oxygens (including phenoxy) is 7. The van der Waals surface area contributed by atoms with E-state index in [1.165, 1.54) is 0 Å². The second-order valence-electron chi connectivity index (χ2n) is 9.94. The van der Waals surface area contributed by atoms with Crippen LogP contribution in [0.4, 0.5) is 0 Å². The van der Waals surface area contributed by atoms with Gasteiger partial charge in [0.15, 0.2) is 34.5 Å². The summed E-state index contributed by atoms with van der Waals surface area (Å²) in [5, 5.41) is 11.4. The molecule has 1 fully saturated rings. The van der Waals surface area contributed by atoms with Crippen molar-refractivity contribution in [2.45, 2.75) is 25.0 Å². The molecule has 41 heavy (non-hydrogen) atoms. The molecule has 1 N–H and O–H groups in total. The lowest BCUT2D eigenvalue weighted by atomic mass is 9.79. The number of methoxy groups -OCH3 is 6. The average molecular weight is 565 g/mol. The molecule has 1 aliphatic rings. The quantitative estimate of drug-likeness (QED) is 0.276. The molecule has 0 spiro atoms. The van der Waals surface area contributed by atoms with Crippen LogP contribution in [0.3, 0.4) is 0 Å². The van der Waals surface area contributed by atoms with Gasteiger partial charge in [0.1, 0.15) is 0 Å². The first-order chi connectivity index (χ1) is 20.0. The fourth-order valence-corrected chi connectivity index (χ4v) is 5.43. The Hall–Kier alpha value is -3.88. The number of rotatable bonds is 12. The minimum absolute atomic E-state index is 0.0954. The van der Waals surface area contributed by atoms with E-state index in [1.807, 2.05) is 54.6 Å². The summed E-state index contributed by atoms with van der Waals surface area (Å²) in [5.41, 5.74) is 2.77. The van der Waals surface area contributed by atoms with Crippen molar-refractivity contribution >= 4 is 6.08 Å². The van der Waals surface area contributed by atoms with Gasteiger partial charge in [-0.1, -0.05) is 30.4 Å². The summed E-state index contributed by atoms with van der Waals surface area (Å²) < 4.78 is 39.1. The van der Waals surface area contributed by atoms with Crippen LogP contribution in [0.2, 0.25) is 0 Å². The van der Waals surface area contributed by atoms with E-state index in [0.29, 0.717) is 41.1 Å². The van der Waals surface area contributed by atoms with Gasteiger partial charge in [-0.25, -0.2) is 0 Å². The zero-order valence-electron chi connectivity index (χ0n) is 24.6. The van der Waals surface area contributed by atoms with Crippen LogP contribution in [-0.4, -0.2) is 54.4 Å². The van der Waals surface area contributed by atoms with E-state index < -0.39 is 6.10 Å². The van der Waals surface area contributed by atoms with Gasteiger partial charge in [0.2, 0.25) is 0 Å². The van der Waals surface area contributed by atoms with Crippen LogP contribution in [0.1, 0.15) is 41.7 Å². The van der Waals surface area contributed by atoms with Crippen LogP contribution in [0.25, 0.3) is 6.08 Å². The number of benzene rings is 3. The Kier molecular flexibility index (Phi) is 10.4. The Morgan fingerprint density at radius 1 is 0.732 bits per heavy atom. The molecule has 3 aromatic rings. The Labute approximate surface area is 242 Å². The number of hydrogen-bond acceptors (Lipinski definition) is 8. The van der Waals surface area contributed by atoms with Gasteiger partial charge in [0.25, 0.3) is 0 Å². The van der Waals surface area contributed by atoms with Crippen LogP contribution < -0.4 is 28.4 Å². The Balaban J connectivity index is 1.59. The summed E-state index contributed by atoms with van der Waals surface area (Å²) in [6.45, 7) is 0.407. The lowest BCUT2D eigenvalue weighted by molar-refractivity contribution is -0.0901. The third kappa shape index (κ3) is 6.89. The maximum absolute atomic E-state index is 11.4. The minimum atomic E-state index is -0.724. The fourth-order valence-electron chi connectivity index (χ4n) is 5.43. The maximum atomic E-state index is 11.4. The van der Waals surface area contributed by atoms with E-state index in [-0.39, 0.29) is 17.9 Å². The predicted molar refractivity (Wildman–Crippen MR) is 158 cm³/mol. The highest BCUT2D eigenvalue weighted by Gasteiger charge is 2.36. The standard InChI is InChI=1S/C33H40O8/c1-35-26-13-10-21(16-29(26)38-4)8-7-9-23-17-25(32(34)22-11-14-27(36-2)30(18-22)39-5)20-41-33(23)24-12-15-28(37-3)31(19-24)40-6/h7-8,10-16,18-19,23,25,32-34H,9,17,20H2,1-6H3/b8-7+/t23-,25+,32-,33-/m0/s1. The highest BCUT2D eigenvalue weighted by atomic mass is 16.5. The minimum Gasteiger partial charge on any atom is -0.493 e. The van der Waals surface area contributed by atoms with Gasteiger partial charge in [-0.3, -0.25) is 0 Å². The van der Waals surface area contributed by atoms with Crippen LogP contribution in [0.15, 0.2) is 60.7 Å². The van der Waals surface area contributed by atoms with Crippen molar-refractivity contribution in [3.63, 3.8) is 0 Å². The SMILES string of the molecule is COc1ccc(/C=C/C[C@H]2C[C@@H]([C@@H](O)c3ccc(OC)c(OC)c3)CO[C@@H]2c2ccc(OC)c(OC)c2)cc1OC. The van der Waals surface area contributed by atoms with Gasteiger partial charge in [0, 0.05) is 5.92 Å². The summed E-state index contributed by atoms with van der Waals surface area (Å²) in [7, 11) is 9.68. The predicted octanol–water partition coefficient (Wildman–Crippen LogP) is 6.27. The van der Waals surface area contributed by atoms with Gasteiger partial charge in [-0.2, -0.15) is 0 Å². The molecule has 1 aliphatic heterocycles. The molecule has 1 saturated heterocycles. The van der Waals surface area contributed by atoms with Gasteiger partial charge < -0.3 is 38.3 Å². The second-order valence-corrected chi connectivity index (χ2v) is 9.94. The molecule has 8 heteroatoms. The van der Waals surface area contributed by atoms with Crippen molar-refractivity contribution in [1.29, 1.82) is 0 Å². The Bertz CT molecular complexity index is 1320. The van der Waals surface area contributed by atoms with Crippen LogP contribution in [-0.2, 0) is 4.74 Å². The molecule has 0 bridgehead atoms. The normalized spacial score (nSPS) is 19.4. The first-order valence-corrected chi connectivity index (χ1v) is 13.6. The van der Waals surface area contributed by atoms with Gasteiger partial charge >= 0.3 is 0 Å². The number of aliphatic hydroxyl groups is 1. The molecule has 0 aliphatic carbocycles. The van der Waals surface area contributed by atoms with Gasteiger partial charge in [-0.15, -0.1) is 0 Å². The Morgan fingerprint density at radius 2 is 1.29 bits per heavy atom. The van der Waals surface area contributed by atoms with Crippen LogP contribution in [0, 0.1) is 11.8 Å². The molecular weight excluding hydrogens is 524 g/mol. The molecule has 0 amide bonds. The van der Waals surface area contributed by atoms with Crippen molar-refractivity contribution in [2.75, 3.05) is 49.3 Å². The lowest BCUT2D eigenvalue weighted by Gasteiger charge is -2.38. The fraction of sp³-hybridized carbons (Fsp3) is 0.394. The summed E-state index contributed by atoms with van der Waals surface area (Å²) in [6.07, 6.45) is 4.81. The summed E-state index contributed by atoms with van der Waals surface area (Å²) in [4.78, 5) is 0. The Morgan fingerprint density at radius 3 is 1.93 bits per heavy atom. The molecule has 0 saturated carbocycles. The molecule has 0 unspecified atom stereocenters. The second kappa shape index (κ2) is 14.1. The van der Waals surface area contributed by atoms with Crippen LogP contribution in [0.5, 0.6) is 34.5 Å². The number of hydrogen-bond donors (Lipinski definition) is 1. The zero-order valence-corrected chi connectivity index (χ0v) is 24.6. The summed E-state index contributed by atoms with van der Waals surface area (Å²) >= 11 is 0. The molecule has 0 aromatic heterocycles. The van der Waals surface area contributed by atoms with E-state index >= 15 is 0 Å². The van der Waals surface area contributed by atoms with Gasteiger partial charge in [-0.05, 0) is 71.8 Å². The first kappa shape index (κ1) is 30.1. The molecule has 3 aromatic carbocycles. The highest BCUT2D eigenvalue weighted by molar-refractivity contribution is 5.56. The first-order valence-electron chi connectivity index (χ1n) is 13.6. The molecular formula is C33H40O8. The number of allylic oxidation sites excluding steroid dienone is 1. The largest absolute Gasteiger partial charge is 0.493 e. The lowest BCUT2D eigenvalue weighted by Crippen LogP contribution is -2.32. The molecule has 4 atom stereocenters. The third-order valence-corrected chi connectivity index (χ3v) is 7.61. The molecule has 8 nitrogen and oxygen atoms in total. The van der Waals surface area contributed by atoms with E-state index in [1.54, 1.807) is 42.7 Å². The molecule has 220 valence electrons. The van der Waals surface area contributed by atoms with Crippen molar-refractivity contribution < 1.29 is 38.3 Å². The molecule has 4 rings (SSSR count). The third-order valence-electron chi connectivity index (χ3n) is 7.61. The summed E-state index contributed by atoms with van der Waals surface area (Å²) in [6, 6.07) is 17.2. The zero-order chi connectivity index (χ0) is 29.4.